The molecule has 5 nitrogen and oxygen atoms in total. The average Bonchev–Trinajstić information content (AvgIpc) is 3.00. The molecule has 0 aromatic carbocycles. The SMILES string of the molecule is CC(C)N1CCC(N(C)C(=O)[C@H]2[C@@H](C(=O)O)C2(C)C)CC1. The predicted molar refractivity (Wildman–Crippen MR) is 80.9 cm³/mol. The molecule has 1 aliphatic carbocycles. The molecule has 0 aromatic rings. The molecule has 1 heterocycles. The first-order valence-electron chi connectivity index (χ1n) is 7.91. The van der Waals surface area contributed by atoms with Gasteiger partial charge in [-0.1, -0.05) is 13.8 Å². The molecule has 21 heavy (non-hydrogen) atoms. The van der Waals surface area contributed by atoms with Crippen LogP contribution in [0.4, 0.5) is 0 Å². The van der Waals surface area contributed by atoms with Crippen LogP contribution in [0.25, 0.3) is 0 Å². The highest BCUT2D eigenvalue weighted by Crippen LogP contribution is 2.59. The van der Waals surface area contributed by atoms with E-state index in [2.05, 4.69) is 18.7 Å². The Morgan fingerprint density at radius 3 is 2.10 bits per heavy atom. The highest BCUT2D eigenvalue weighted by Gasteiger charge is 2.66. The van der Waals surface area contributed by atoms with Gasteiger partial charge in [-0.2, -0.15) is 0 Å². The maximum absolute atomic E-state index is 12.6. The Kier molecular flexibility index (Phi) is 4.34. The highest BCUT2D eigenvalue weighted by atomic mass is 16.4. The number of amides is 1. The summed E-state index contributed by atoms with van der Waals surface area (Å²) in [5, 5.41) is 9.22. The van der Waals surface area contributed by atoms with Crippen molar-refractivity contribution in [3.05, 3.63) is 0 Å². The molecule has 1 amide bonds. The summed E-state index contributed by atoms with van der Waals surface area (Å²) in [7, 11) is 1.84. The van der Waals surface area contributed by atoms with Crippen LogP contribution in [0.2, 0.25) is 0 Å². The number of nitrogens with zero attached hydrogens (tertiary/aromatic N) is 2. The molecule has 1 saturated heterocycles. The van der Waals surface area contributed by atoms with Gasteiger partial charge in [0.1, 0.15) is 0 Å². The number of aliphatic carboxylic acids is 1. The van der Waals surface area contributed by atoms with Crippen molar-refractivity contribution >= 4 is 11.9 Å². The van der Waals surface area contributed by atoms with Crippen LogP contribution < -0.4 is 0 Å². The second kappa shape index (κ2) is 5.59. The van der Waals surface area contributed by atoms with Crippen molar-refractivity contribution in [1.82, 2.24) is 9.80 Å². The van der Waals surface area contributed by atoms with E-state index in [1.807, 2.05) is 25.8 Å². The molecule has 1 N–H and O–H groups in total. The van der Waals surface area contributed by atoms with Gasteiger partial charge in [0, 0.05) is 32.2 Å². The molecule has 0 unspecified atom stereocenters. The van der Waals surface area contributed by atoms with Crippen molar-refractivity contribution < 1.29 is 14.7 Å². The topological polar surface area (TPSA) is 60.9 Å². The van der Waals surface area contributed by atoms with Gasteiger partial charge in [-0.25, -0.2) is 0 Å². The van der Waals surface area contributed by atoms with Gasteiger partial charge >= 0.3 is 5.97 Å². The Morgan fingerprint density at radius 1 is 1.19 bits per heavy atom. The lowest BCUT2D eigenvalue weighted by atomic mass is 10.0. The quantitative estimate of drug-likeness (QED) is 0.857. The van der Waals surface area contributed by atoms with Gasteiger partial charge in [0.25, 0.3) is 0 Å². The monoisotopic (exact) mass is 296 g/mol. The first-order valence-corrected chi connectivity index (χ1v) is 7.91. The molecule has 5 heteroatoms. The average molecular weight is 296 g/mol. The Labute approximate surface area is 127 Å². The minimum absolute atomic E-state index is 0.00963. The van der Waals surface area contributed by atoms with Crippen LogP contribution in [-0.4, -0.2) is 59.0 Å². The molecule has 1 saturated carbocycles. The number of hydrogen-bond donors (Lipinski definition) is 1. The first-order chi connectivity index (χ1) is 9.67. The summed E-state index contributed by atoms with van der Waals surface area (Å²) in [5.74, 6) is -1.72. The normalized spacial score (nSPS) is 29.4. The third kappa shape index (κ3) is 2.93. The lowest BCUT2D eigenvalue weighted by Crippen LogP contribution is -2.48. The zero-order valence-electron chi connectivity index (χ0n) is 13.8. The molecule has 2 rings (SSSR count). The number of likely N-dealkylation sites (tertiary alicyclic amines) is 1. The van der Waals surface area contributed by atoms with Gasteiger partial charge in [0.05, 0.1) is 11.8 Å². The maximum Gasteiger partial charge on any atom is 0.307 e. The van der Waals surface area contributed by atoms with Crippen molar-refractivity contribution in [2.24, 2.45) is 17.3 Å². The molecule has 1 aliphatic heterocycles. The summed E-state index contributed by atoms with van der Waals surface area (Å²) >= 11 is 0. The molecule has 2 fully saturated rings. The molecule has 0 bridgehead atoms. The van der Waals surface area contributed by atoms with Crippen molar-refractivity contribution in [2.75, 3.05) is 20.1 Å². The second-order valence-electron chi connectivity index (χ2n) is 7.42. The largest absolute Gasteiger partial charge is 0.481 e. The van der Waals surface area contributed by atoms with E-state index < -0.39 is 17.3 Å². The Bertz CT molecular complexity index is 425. The summed E-state index contributed by atoms with van der Waals surface area (Å²) in [5.41, 5.74) is -0.407. The van der Waals surface area contributed by atoms with Gasteiger partial charge in [-0.15, -0.1) is 0 Å². The van der Waals surface area contributed by atoms with Crippen LogP contribution in [0.15, 0.2) is 0 Å². The lowest BCUT2D eigenvalue weighted by molar-refractivity contribution is -0.142. The van der Waals surface area contributed by atoms with Crippen LogP contribution in [-0.2, 0) is 9.59 Å². The van der Waals surface area contributed by atoms with E-state index in [1.54, 1.807) is 0 Å². The fourth-order valence-electron chi connectivity index (χ4n) is 3.75. The van der Waals surface area contributed by atoms with Gasteiger partial charge in [0.15, 0.2) is 0 Å². The van der Waals surface area contributed by atoms with Gasteiger partial charge < -0.3 is 14.9 Å². The Morgan fingerprint density at radius 2 is 1.71 bits per heavy atom. The second-order valence-corrected chi connectivity index (χ2v) is 7.42. The number of carboxylic acids is 1. The van der Waals surface area contributed by atoms with E-state index in [0.29, 0.717) is 6.04 Å². The van der Waals surface area contributed by atoms with Crippen molar-refractivity contribution in [2.45, 2.75) is 52.6 Å². The fraction of sp³-hybridized carbons (Fsp3) is 0.875. The number of carbonyl (C=O) groups is 2. The molecular weight excluding hydrogens is 268 g/mol. The van der Waals surface area contributed by atoms with E-state index in [-0.39, 0.29) is 17.9 Å². The summed E-state index contributed by atoms with van der Waals surface area (Å²) in [6, 6.07) is 0.795. The van der Waals surface area contributed by atoms with Crippen LogP contribution in [0, 0.1) is 17.3 Å². The number of rotatable bonds is 4. The molecule has 120 valence electrons. The van der Waals surface area contributed by atoms with Gasteiger partial charge in [0.2, 0.25) is 5.91 Å². The molecule has 2 atom stereocenters. The lowest BCUT2D eigenvalue weighted by Gasteiger charge is -2.38. The van der Waals surface area contributed by atoms with Crippen LogP contribution in [0.1, 0.15) is 40.5 Å². The van der Waals surface area contributed by atoms with E-state index in [0.717, 1.165) is 25.9 Å². The van der Waals surface area contributed by atoms with Crippen LogP contribution in [0.5, 0.6) is 0 Å². The number of hydrogen-bond acceptors (Lipinski definition) is 3. The minimum atomic E-state index is -0.846. The van der Waals surface area contributed by atoms with Gasteiger partial charge in [-0.3, -0.25) is 9.59 Å². The van der Waals surface area contributed by atoms with Crippen molar-refractivity contribution in [3.63, 3.8) is 0 Å². The molecule has 2 aliphatic rings. The summed E-state index contributed by atoms with van der Waals surface area (Å²) in [6.45, 7) is 10.2. The minimum Gasteiger partial charge on any atom is -0.481 e. The van der Waals surface area contributed by atoms with Crippen molar-refractivity contribution in [3.8, 4) is 0 Å². The summed E-state index contributed by atoms with van der Waals surface area (Å²) in [6.07, 6.45) is 1.95. The standard InChI is InChI=1S/C16H28N2O3/c1-10(2)18-8-6-11(7-9-18)17(5)14(19)12-13(15(20)21)16(12,3)4/h10-13H,6-9H2,1-5H3,(H,20,21)/t12-,13+/m1/s1. The number of carbonyl (C=O) groups excluding carboxylic acids is 1. The smallest absolute Gasteiger partial charge is 0.307 e. The maximum atomic E-state index is 12.6. The third-order valence-electron chi connectivity index (χ3n) is 5.48. The molecule has 0 radical (unpaired) electrons. The van der Waals surface area contributed by atoms with Crippen LogP contribution in [0.3, 0.4) is 0 Å². The van der Waals surface area contributed by atoms with E-state index in [4.69, 9.17) is 0 Å². The van der Waals surface area contributed by atoms with E-state index in [1.165, 1.54) is 0 Å². The zero-order chi connectivity index (χ0) is 15.9. The Balaban J connectivity index is 1.94. The van der Waals surface area contributed by atoms with E-state index in [9.17, 15) is 14.7 Å². The zero-order valence-corrected chi connectivity index (χ0v) is 13.8. The third-order valence-corrected chi connectivity index (χ3v) is 5.48. The van der Waals surface area contributed by atoms with E-state index >= 15 is 0 Å². The summed E-state index contributed by atoms with van der Waals surface area (Å²) in [4.78, 5) is 28.1. The summed E-state index contributed by atoms with van der Waals surface area (Å²) < 4.78 is 0. The fourth-order valence-corrected chi connectivity index (χ4v) is 3.75. The first kappa shape index (κ1) is 16.3. The van der Waals surface area contributed by atoms with Crippen LogP contribution >= 0.6 is 0 Å². The molecular formula is C16H28N2O3. The highest BCUT2D eigenvalue weighted by molar-refractivity contribution is 5.91. The number of piperidine rings is 1. The molecule has 0 aromatic heterocycles. The van der Waals surface area contributed by atoms with Gasteiger partial charge in [-0.05, 0) is 32.1 Å². The molecule has 0 spiro atoms. The predicted octanol–water partition coefficient (Wildman–Crippen LogP) is 1.67. The Hall–Kier alpha value is -1.10. The number of carboxylic acid groups (broad SMARTS) is 1. The van der Waals surface area contributed by atoms with Crippen molar-refractivity contribution in [1.29, 1.82) is 0 Å².